The van der Waals surface area contributed by atoms with E-state index >= 15 is 0 Å². The quantitative estimate of drug-likeness (QED) is 0.726. The first-order valence-corrected chi connectivity index (χ1v) is 6.07. The molecule has 72 valence electrons. The van der Waals surface area contributed by atoms with Gasteiger partial charge in [0.15, 0.2) is 0 Å². The monoisotopic (exact) mass is 196 g/mol. The van der Waals surface area contributed by atoms with E-state index in [1.54, 1.807) is 6.26 Å². The first kappa shape index (κ1) is 10.5. The van der Waals surface area contributed by atoms with Gasteiger partial charge in [0.1, 0.15) is 0 Å². The molecule has 2 heteroatoms. The maximum atomic E-state index is 11.2. The molecule has 0 aliphatic heterocycles. The average Bonchev–Trinajstić information content (AvgIpc) is 2.03. The summed E-state index contributed by atoms with van der Waals surface area (Å²) in [6.07, 6.45) is 2.78. The minimum absolute atomic E-state index is 0.653. The van der Waals surface area contributed by atoms with Gasteiger partial charge in [0, 0.05) is 22.0 Å². The van der Waals surface area contributed by atoms with E-state index in [0.717, 1.165) is 11.3 Å². The number of rotatable bonds is 3. The van der Waals surface area contributed by atoms with Gasteiger partial charge < -0.3 is 0 Å². The topological polar surface area (TPSA) is 17.1 Å². The highest BCUT2D eigenvalue weighted by Crippen LogP contribution is 2.12. The Kier molecular flexibility index (Phi) is 3.67. The van der Waals surface area contributed by atoms with Crippen molar-refractivity contribution in [3.63, 3.8) is 0 Å². The van der Waals surface area contributed by atoms with Crippen LogP contribution in [-0.4, -0.2) is 10.5 Å². The molecular formula is C11H16OS. The maximum absolute atomic E-state index is 11.2. The second kappa shape index (κ2) is 4.56. The number of benzene rings is 1. The fourth-order valence-electron chi connectivity index (χ4n) is 1.32. The van der Waals surface area contributed by atoms with Crippen LogP contribution < -0.4 is 0 Å². The summed E-state index contributed by atoms with van der Waals surface area (Å²) in [5.74, 6) is 0.653. The van der Waals surface area contributed by atoms with Gasteiger partial charge in [-0.2, -0.15) is 0 Å². The van der Waals surface area contributed by atoms with E-state index in [-0.39, 0.29) is 0 Å². The van der Waals surface area contributed by atoms with Crippen molar-refractivity contribution in [2.45, 2.75) is 25.2 Å². The van der Waals surface area contributed by atoms with E-state index in [1.165, 1.54) is 5.56 Å². The van der Waals surface area contributed by atoms with Gasteiger partial charge in [-0.1, -0.05) is 26.0 Å². The van der Waals surface area contributed by atoms with Gasteiger partial charge >= 0.3 is 0 Å². The third-order valence-corrected chi connectivity index (χ3v) is 2.79. The summed E-state index contributed by atoms with van der Waals surface area (Å²) < 4.78 is 11.2. The molecular weight excluding hydrogens is 180 g/mol. The molecule has 1 nitrogen and oxygen atoms in total. The van der Waals surface area contributed by atoms with Gasteiger partial charge in [-0.25, -0.2) is 0 Å². The highest BCUT2D eigenvalue weighted by atomic mass is 32.2. The van der Waals surface area contributed by atoms with E-state index < -0.39 is 10.8 Å². The lowest BCUT2D eigenvalue weighted by Gasteiger charge is -2.05. The summed E-state index contributed by atoms with van der Waals surface area (Å²) in [7, 11) is -0.854. The van der Waals surface area contributed by atoms with Crippen LogP contribution in [0.4, 0.5) is 0 Å². The van der Waals surface area contributed by atoms with Crippen LogP contribution in [0.25, 0.3) is 0 Å². The van der Waals surface area contributed by atoms with Crippen LogP contribution in [0.5, 0.6) is 0 Å². The summed E-state index contributed by atoms with van der Waals surface area (Å²) in [4.78, 5) is 0.929. The fraction of sp³-hybridized carbons (Fsp3) is 0.455. The zero-order chi connectivity index (χ0) is 9.84. The Morgan fingerprint density at radius 1 is 1.38 bits per heavy atom. The molecule has 1 unspecified atom stereocenters. The molecule has 0 heterocycles. The number of hydrogen-bond acceptors (Lipinski definition) is 1. The van der Waals surface area contributed by atoms with Gasteiger partial charge in [0.05, 0.1) is 0 Å². The Morgan fingerprint density at radius 2 is 2.08 bits per heavy atom. The summed E-state index contributed by atoms with van der Waals surface area (Å²) in [5.41, 5.74) is 1.28. The standard InChI is InChI=1S/C11H16OS/c1-9(2)7-10-5-4-6-11(8-10)13(3)12/h4-6,8-9H,7H2,1-3H3. The van der Waals surface area contributed by atoms with Crippen molar-refractivity contribution in [3.05, 3.63) is 29.8 Å². The second-order valence-corrected chi connectivity index (χ2v) is 5.08. The molecule has 0 N–H and O–H groups in total. The molecule has 0 bridgehead atoms. The normalized spacial score (nSPS) is 13.2. The highest BCUT2D eigenvalue weighted by molar-refractivity contribution is 7.84. The minimum atomic E-state index is -0.854. The molecule has 0 aromatic heterocycles. The van der Waals surface area contributed by atoms with E-state index in [9.17, 15) is 4.21 Å². The van der Waals surface area contributed by atoms with Gasteiger partial charge in [-0.15, -0.1) is 0 Å². The van der Waals surface area contributed by atoms with Crippen molar-refractivity contribution in [2.24, 2.45) is 5.92 Å². The van der Waals surface area contributed by atoms with Gasteiger partial charge in [-0.3, -0.25) is 4.21 Å². The van der Waals surface area contributed by atoms with Crippen molar-refractivity contribution >= 4 is 10.8 Å². The Hall–Kier alpha value is -0.630. The molecule has 0 saturated carbocycles. The van der Waals surface area contributed by atoms with E-state index in [1.807, 2.05) is 18.2 Å². The molecule has 0 spiro atoms. The molecule has 0 amide bonds. The summed E-state index contributed by atoms with van der Waals surface area (Å²) >= 11 is 0. The second-order valence-electron chi connectivity index (χ2n) is 3.70. The average molecular weight is 196 g/mol. The Bertz CT molecular complexity index is 305. The molecule has 0 saturated heterocycles. The first-order valence-electron chi connectivity index (χ1n) is 4.52. The van der Waals surface area contributed by atoms with Crippen LogP contribution in [0, 0.1) is 5.92 Å². The minimum Gasteiger partial charge on any atom is -0.255 e. The molecule has 0 fully saturated rings. The van der Waals surface area contributed by atoms with Crippen molar-refractivity contribution in [3.8, 4) is 0 Å². The number of hydrogen-bond donors (Lipinski definition) is 0. The Morgan fingerprint density at radius 3 is 2.62 bits per heavy atom. The van der Waals surface area contributed by atoms with Gasteiger partial charge in [-0.05, 0) is 30.0 Å². The molecule has 13 heavy (non-hydrogen) atoms. The third kappa shape index (κ3) is 3.31. The first-order chi connectivity index (χ1) is 6.09. The zero-order valence-corrected chi connectivity index (χ0v) is 9.23. The predicted octanol–water partition coefficient (Wildman–Crippen LogP) is 2.62. The molecule has 1 aromatic rings. The van der Waals surface area contributed by atoms with Crippen LogP contribution in [0.1, 0.15) is 19.4 Å². The largest absolute Gasteiger partial charge is 0.255 e. The van der Waals surface area contributed by atoms with Crippen molar-refractivity contribution < 1.29 is 4.21 Å². The summed E-state index contributed by atoms with van der Waals surface area (Å²) in [5, 5.41) is 0. The molecule has 0 radical (unpaired) electrons. The van der Waals surface area contributed by atoms with Gasteiger partial charge in [0.2, 0.25) is 0 Å². The maximum Gasteiger partial charge on any atom is 0.0498 e. The summed E-state index contributed by atoms with van der Waals surface area (Å²) in [6.45, 7) is 4.38. The van der Waals surface area contributed by atoms with Crippen LogP contribution >= 0.6 is 0 Å². The van der Waals surface area contributed by atoms with Crippen LogP contribution in [0.2, 0.25) is 0 Å². The predicted molar refractivity (Wildman–Crippen MR) is 57.3 cm³/mol. The molecule has 1 rings (SSSR count). The van der Waals surface area contributed by atoms with Crippen LogP contribution in [-0.2, 0) is 17.2 Å². The molecule has 1 aromatic carbocycles. The van der Waals surface area contributed by atoms with Crippen molar-refractivity contribution in [1.82, 2.24) is 0 Å². The third-order valence-electron chi connectivity index (χ3n) is 1.87. The zero-order valence-electron chi connectivity index (χ0n) is 8.41. The fourth-order valence-corrected chi connectivity index (χ4v) is 1.91. The van der Waals surface area contributed by atoms with E-state index in [4.69, 9.17) is 0 Å². The van der Waals surface area contributed by atoms with Crippen LogP contribution in [0.3, 0.4) is 0 Å². The van der Waals surface area contributed by atoms with E-state index in [2.05, 4.69) is 19.9 Å². The SMILES string of the molecule is CC(C)Cc1cccc(S(C)=O)c1. The molecule has 1 atom stereocenters. The Labute approximate surface area is 82.6 Å². The van der Waals surface area contributed by atoms with Gasteiger partial charge in [0.25, 0.3) is 0 Å². The van der Waals surface area contributed by atoms with E-state index in [0.29, 0.717) is 5.92 Å². The molecule has 0 aliphatic carbocycles. The lowest BCUT2D eigenvalue weighted by molar-refractivity contribution is 0.646. The smallest absolute Gasteiger partial charge is 0.0498 e. The van der Waals surface area contributed by atoms with Crippen LogP contribution in [0.15, 0.2) is 29.2 Å². The van der Waals surface area contributed by atoms with Crippen molar-refractivity contribution in [1.29, 1.82) is 0 Å². The highest BCUT2D eigenvalue weighted by Gasteiger charge is 2.00. The van der Waals surface area contributed by atoms with Crippen molar-refractivity contribution in [2.75, 3.05) is 6.26 Å². The lowest BCUT2D eigenvalue weighted by atomic mass is 10.0. The summed E-state index contributed by atoms with van der Waals surface area (Å²) in [6, 6.07) is 8.03. The Balaban J connectivity index is 2.85. The lowest BCUT2D eigenvalue weighted by Crippen LogP contribution is -1.95. The molecule has 0 aliphatic rings.